The fourth-order valence-corrected chi connectivity index (χ4v) is 3.97. The third-order valence-corrected chi connectivity index (χ3v) is 5.64. The van der Waals surface area contributed by atoms with E-state index in [1.807, 2.05) is 77.7 Å². The Morgan fingerprint density at radius 1 is 0.774 bits per heavy atom. The number of aromatic nitrogens is 1. The van der Waals surface area contributed by atoms with Crippen LogP contribution >= 0.6 is 0 Å². The van der Waals surface area contributed by atoms with Crippen LogP contribution in [0.15, 0.2) is 95.5 Å². The Labute approximate surface area is 181 Å². The van der Waals surface area contributed by atoms with Gasteiger partial charge in [0.2, 0.25) is 5.89 Å². The second-order valence-electron chi connectivity index (χ2n) is 7.56. The molecular formula is C26H23N3O2. The second-order valence-corrected chi connectivity index (χ2v) is 7.56. The highest BCUT2D eigenvalue weighted by molar-refractivity contribution is 6.00. The summed E-state index contributed by atoms with van der Waals surface area (Å²) in [4.78, 5) is 22.0. The lowest BCUT2D eigenvalue weighted by atomic mass is 10.1. The molecule has 1 amide bonds. The molecule has 0 bridgehead atoms. The number of benzene rings is 3. The van der Waals surface area contributed by atoms with Gasteiger partial charge >= 0.3 is 0 Å². The highest BCUT2D eigenvalue weighted by Crippen LogP contribution is 2.29. The SMILES string of the molecule is O=C(c1ccccc1-c1ncc(-c2ccccc2)o1)N1CCN(c2ccccc2)CC1. The average Bonchev–Trinajstić information content (AvgIpc) is 3.35. The number of hydrogen-bond donors (Lipinski definition) is 0. The van der Waals surface area contributed by atoms with Crippen molar-refractivity contribution in [2.24, 2.45) is 0 Å². The molecular weight excluding hydrogens is 386 g/mol. The summed E-state index contributed by atoms with van der Waals surface area (Å²) in [6, 6.07) is 27.7. The summed E-state index contributed by atoms with van der Waals surface area (Å²) in [5.41, 5.74) is 3.50. The summed E-state index contributed by atoms with van der Waals surface area (Å²) in [6.45, 7) is 3.00. The van der Waals surface area contributed by atoms with Gasteiger partial charge in [0.05, 0.1) is 11.8 Å². The molecule has 0 radical (unpaired) electrons. The smallest absolute Gasteiger partial charge is 0.254 e. The summed E-state index contributed by atoms with van der Waals surface area (Å²) < 4.78 is 6.02. The van der Waals surface area contributed by atoms with E-state index in [-0.39, 0.29) is 5.91 Å². The number of rotatable bonds is 4. The van der Waals surface area contributed by atoms with Gasteiger partial charge in [-0.25, -0.2) is 4.98 Å². The van der Waals surface area contributed by atoms with E-state index in [0.717, 1.165) is 24.2 Å². The molecule has 3 aromatic carbocycles. The lowest BCUT2D eigenvalue weighted by molar-refractivity contribution is 0.0747. The summed E-state index contributed by atoms with van der Waals surface area (Å²) >= 11 is 0. The lowest BCUT2D eigenvalue weighted by Crippen LogP contribution is -2.48. The van der Waals surface area contributed by atoms with Crippen LogP contribution in [0.4, 0.5) is 5.69 Å². The van der Waals surface area contributed by atoms with Crippen molar-refractivity contribution in [1.82, 2.24) is 9.88 Å². The number of anilines is 1. The predicted octanol–water partition coefficient (Wildman–Crippen LogP) is 4.97. The van der Waals surface area contributed by atoms with Gasteiger partial charge in [-0.05, 0) is 24.3 Å². The van der Waals surface area contributed by atoms with Gasteiger partial charge in [0, 0.05) is 43.0 Å². The molecule has 0 N–H and O–H groups in total. The zero-order valence-electron chi connectivity index (χ0n) is 17.1. The molecule has 1 saturated heterocycles. The van der Waals surface area contributed by atoms with Crippen molar-refractivity contribution in [2.75, 3.05) is 31.1 Å². The van der Waals surface area contributed by atoms with Crippen LogP contribution < -0.4 is 4.90 Å². The molecule has 0 saturated carbocycles. The molecule has 1 aromatic heterocycles. The first-order chi connectivity index (χ1) is 15.3. The molecule has 1 aliphatic heterocycles. The van der Waals surface area contributed by atoms with Gasteiger partial charge < -0.3 is 14.2 Å². The van der Waals surface area contributed by atoms with Crippen molar-refractivity contribution in [3.8, 4) is 22.8 Å². The van der Waals surface area contributed by atoms with Crippen molar-refractivity contribution in [3.05, 3.63) is 96.7 Å². The Kier molecular flexibility index (Phi) is 5.23. The van der Waals surface area contributed by atoms with Crippen molar-refractivity contribution in [1.29, 1.82) is 0 Å². The van der Waals surface area contributed by atoms with Crippen LogP contribution in [0.25, 0.3) is 22.8 Å². The van der Waals surface area contributed by atoms with E-state index in [9.17, 15) is 4.79 Å². The predicted molar refractivity (Wildman–Crippen MR) is 122 cm³/mol. The van der Waals surface area contributed by atoms with Crippen LogP contribution in [0.2, 0.25) is 0 Å². The minimum absolute atomic E-state index is 0.0165. The Bertz CT molecular complexity index is 1160. The average molecular weight is 409 g/mol. The molecule has 154 valence electrons. The van der Waals surface area contributed by atoms with E-state index in [0.29, 0.717) is 30.3 Å². The topological polar surface area (TPSA) is 49.6 Å². The Balaban J connectivity index is 1.35. The van der Waals surface area contributed by atoms with Gasteiger partial charge in [-0.2, -0.15) is 0 Å². The van der Waals surface area contributed by atoms with E-state index < -0.39 is 0 Å². The third-order valence-electron chi connectivity index (χ3n) is 5.64. The Morgan fingerprint density at radius 2 is 1.42 bits per heavy atom. The van der Waals surface area contributed by atoms with Gasteiger partial charge in [-0.1, -0.05) is 60.7 Å². The minimum Gasteiger partial charge on any atom is -0.436 e. The highest BCUT2D eigenvalue weighted by atomic mass is 16.4. The minimum atomic E-state index is 0.0165. The standard InChI is InChI=1S/C26H23N3O2/c30-26(29-17-15-28(16-18-29)21-11-5-2-6-12-21)23-14-8-7-13-22(23)25-27-19-24(31-25)20-9-3-1-4-10-20/h1-14,19H,15-18H2. The second kappa shape index (κ2) is 8.48. The molecule has 5 rings (SSSR count). The number of carbonyl (C=O) groups excluding carboxylic acids is 1. The number of oxazole rings is 1. The summed E-state index contributed by atoms with van der Waals surface area (Å²) in [7, 11) is 0. The zero-order chi connectivity index (χ0) is 21.0. The van der Waals surface area contributed by atoms with Gasteiger partial charge in [-0.3, -0.25) is 4.79 Å². The molecule has 0 atom stereocenters. The van der Waals surface area contributed by atoms with Crippen LogP contribution in [0.1, 0.15) is 10.4 Å². The first-order valence-corrected chi connectivity index (χ1v) is 10.5. The van der Waals surface area contributed by atoms with Gasteiger partial charge in [0.25, 0.3) is 5.91 Å². The lowest BCUT2D eigenvalue weighted by Gasteiger charge is -2.36. The molecule has 0 aliphatic carbocycles. The zero-order valence-corrected chi connectivity index (χ0v) is 17.1. The Morgan fingerprint density at radius 3 is 2.16 bits per heavy atom. The first kappa shape index (κ1) is 19.1. The summed E-state index contributed by atoms with van der Waals surface area (Å²) in [6.07, 6.45) is 1.71. The quantitative estimate of drug-likeness (QED) is 0.477. The van der Waals surface area contributed by atoms with Crippen molar-refractivity contribution >= 4 is 11.6 Å². The molecule has 1 fully saturated rings. The van der Waals surface area contributed by atoms with Gasteiger partial charge in [0.15, 0.2) is 5.76 Å². The number of amides is 1. The van der Waals surface area contributed by atoms with Crippen molar-refractivity contribution in [2.45, 2.75) is 0 Å². The maximum atomic E-state index is 13.4. The largest absolute Gasteiger partial charge is 0.436 e. The van der Waals surface area contributed by atoms with Crippen LogP contribution in [-0.4, -0.2) is 42.0 Å². The van der Waals surface area contributed by atoms with Gasteiger partial charge in [-0.15, -0.1) is 0 Å². The fourth-order valence-electron chi connectivity index (χ4n) is 3.97. The normalized spacial score (nSPS) is 13.9. The van der Waals surface area contributed by atoms with E-state index in [4.69, 9.17) is 4.42 Å². The number of nitrogens with zero attached hydrogens (tertiary/aromatic N) is 3. The van der Waals surface area contributed by atoms with E-state index in [2.05, 4.69) is 22.0 Å². The molecule has 5 heteroatoms. The molecule has 0 unspecified atom stereocenters. The maximum absolute atomic E-state index is 13.4. The molecule has 31 heavy (non-hydrogen) atoms. The number of carbonyl (C=O) groups is 1. The van der Waals surface area contributed by atoms with Crippen molar-refractivity contribution in [3.63, 3.8) is 0 Å². The Hall–Kier alpha value is -3.86. The number of para-hydroxylation sites is 1. The highest BCUT2D eigenvalue weighted by Gasteiger charge is 2.25. The van der Waals surface area contributed by atoms with Crippen LogP contribution in [0.3, 0.4) is 0 Å². The molecule has 5 nitrogen and oxygen atoms in total. The molecule has 1 aliphatic rings. The van der Waals surface area contributed by atoms with Crippen LogP contribution in [0, 0.1) is 0 Å². The third kappa shape index (κ3) is 3.94. The van der Waals surface area contributed by atoms with Crippen LogP contribution in [0.5, 0.6) is 0 Å². The van der Waals surface area contributed by atoms with Crippen LogP contribution in [-0.2, 0) is 0 Å². The fraction of sp³-hybridized carbons (Fsp3) is 0.154. The van der Waals surface area contributed by atoms with E-state index in [1.54, 1.807) is 6.20 Å². The monoisotopic (exact) mass is 409 g/mol. The maximum Gasteiger partial charge on any atom is 0.254 e. The van der Waals surface area contributed by atoms with Gasteiger partial charge in [0.1, 0.15) is 0 Å². The molecule has 2 heterocycles. The number of hydrogen-bond acceptors (Lipinski definition) is 4. The summed E-state index contributed by atoms with van der Waals surface area (Å²) in [5, 5.41) is 0. The molecule has 0 spiro atoms. The number of piperazine rings is 1. The molecule has 4 aromatic rings. The van der Waals surface area contributed by atoms with E-state index in [1.165, 1.54) is 5.69 Å². The van der Waals surface area contributed by atoms with E-state index >= 15 is 0 Å². The first-order valence-electron chi connectivity index (χ1n) is 10.5. The van der Waals surface area contributed by atoms with Crippen molar-refractivity contribution < 1.29 is 9.21 Å². The summed E-state index contributed by atoms with van der Waals surface area (Å²) in [5.74, 6) is 1.17.